The quantitative estimate of drug-likeness (QED) is 0.782. The van der Waals surface area contributed by atoms with E-state index in [0.29, 0.717) is 23.4 Å². The van der Waals surface area contributed by atoms with Crippen LogP contribution in [-0.4, -0.2) is 22.4 Å². The molecule has 0 saturated heterocycles. The Hall–Kier alpha value is -1.36. The third-order valence-electron chi connectivity index (χ3n) is 2.71. The molecule has 1 aliphatic carbocycles. The number of hydrogen-bond donors (Lipinski definition) is 2. The van der Waals surface area contributed by atoms with E-state index in [4.69, 9.17) is 17.3 Å². The molecule has 1 aromatic rings. The number of primary amides is 1. The molecule has 17 heavy (non-hydrogen) atoms. The second-order valence-corrected chi connectivity index (χ2v) is 4.62. The highest BCUT2D eigenvalue weighted by Gasteiger charge is 2.27. The van der Waals surface area contributed by atoms with Crippen LogP contribution in [0, 0.1) is 6.92 Å². The Balaban J connectivity index is 2.11. The highest BCUT2D eigenvalue weighted by molar-refractivity contribution is 6.30. The molecule has 3 N–H and O–H groups in total. The van der Waals surface area contributed by atoms with Gasteiger partial charge in [0.1, 0.15) is 16.8 Å². The highest BCUT2D eigenvalue weighted by Crippen LogP contribution is 2.39. The minimum absolute atomic E-state index is 0.278. The van der Waals surface area contributed by atoms with Crippen molar-refractivity contribution >= 4 is 23.3 Å². The van der Waals surface area contributed by atoms with Crippen LogP contribution in [0.15, 0.2) is 0 Å². The first-order chi connectivity index (χ1) is 8.08. The largest absolute Gasteiger partial charge is 0.370 e. The molecule has 1 heterocycles. The molecule has 1 aromatic heterocycles. The summed E-state index contributed by atoms with van der Waals surface area (Å²) in [5, 5.41) is 3.55. The molecule has 0 spiro atoms. The predicted octanol–water partition coefficient (Wildman–Crippen LogP) is 1.60. The lowest BCUT2D eigenvalue weighted by atomic mass is 10.3. The van der Waals surface area contributed by atoms with E-state index in [2.05, 4.69) is 15.3 Å². The Kier molecular flexibility index (Phi) is 3.47. The number of nitrogens with one attached hydrogen (secondary N) is 1. The topological polar surface area (TPSA) is 80.9 Å². The molecule has 1 aliphatic rings. The molecule has 6 heteroatoms. The molecule has 0 aromatic carbocycles. The Morgan fingerprint density at radius 1 is 1.53 bits per heavy atom. The van der Waals surface area contributed by atoms with Gasteiger partial charge >= 0.3 is 0 Å². The second kappa shape index (κ2) is 4.87. The number of halogens is 1. The van der Waals surface area contributed by atoms with Crippen LogP contribution >= 0.6 is 11.6 Å². The van der Waals surface area contributed by atoms with Crippen molar-refractivity contribution in [2.24, 2.45) is 5.73 Å². The van der Waals surface area contributed by atoms with Gasteiger partial charge in [-0.2, -0.15) is 0 Å². The normalized spacial score (nSPS) is 14.7. The minimum Gasteiger partial charge on any atom is -0.370 e. The van der Waals surface area contributed by atoms with Crippen LogP contribution in [0.2, 0.25) is 5.15 Å². The number of aromatic nitrogens is 2. The second-order valence-electron chi connectivity index (χ2n) is 4.26. The van der Waals surface area contributed by atoms with Crippen molar-refractivity contribution in [3.05, 3.63) is 16.5 Å². The van der Waals surface area contributed by atoms with E-state index < -0.39 is 0 Å². The lowest BCUT2D eigenvalue weighted by molar-refractivity contribution is -0.117. The maximum atomic E-state index is 10.6. The van der Waals surface area contributed by atoms with Gasteiger partial charge in [-0.1, -0.05) is 11.6 Å². The number of carbonyl (C=O) groups is 1. The summed E-state index contributed by atoms with van der Waals surface area (Å²) in [5.74, 6) is 1.61. The fraction of sp³-hybridized carbons (Fsp3) is 0.545. The smallest absolute Gasteiger partial charge is 0.219 e. The van der Waals surface area contributed by atoms with Crippen LogP contribution in [0.1, 0.15) is 36.6 Å². The number of nitrogens with two attached hydrogens (primary N) is 1. The van der Waals surface area contributed by atoms with E-state index in [9.17, 15) is 4.79 Å². The summed E-state index contributed by atoms with van der Waals surface area (Å²) in [6.45, 7) is 2.32. The maximum absolute atomic E-state index is 10.6. The van der Waals surface area contributed by atoms with Crippen LogP contribution in [0.25, 0.3) is 0 Å². The van der Waals surface area contributed by atoms with Crippen molar-refractivity contribution in [3.8, 4) is 0 Å². The van der Waals surface area contributed by atoms with Gasteiger partial charge in [-0.05, 0) is 19.8 Å². The summed E-state index contributed by atoms with van der Waals surface area (Å²) >= 11 is 6.05. The number of anilines is 1. The molecule has 2 rings (SSSR count). The summed E-state index contributed by atoms with van der Waals surface area (Å²) in [5.41, 5.74) is 5.88. The van der Waals surface area contributed by atoms with Crippen LogP contribution in [0.4, 0.5) is 5.82 Å². The molecule has 0 bridgehead atoms. The zero-order valence-corrected chi connectivity index (χ0v) is 10.4. The lowest BCUT2D eigenvalue weighted by Crippen LogP contribution is -2.17. The lowest BCUT2D eigenvalue weighted by Gasteiger charge is -2.10. The van der Waals surface area contributed by atoms with Gasteiger partial charge in [0.25, 0.3) is 0 Å². The zero-order chi connectivity index (χ0) is 12.4. The van der Waals surface area contributed by atoms with Gasteiger partial charge in [-0.25, -0.2) is 9.97 Å². The average Bonchev–Trinajstić information content (AvgIpc) is 3.07. The number of amides is 1. The van der Waals surface area contributed by atoms with E-state index >= 15 is 0 Å². The summed E-state index contributed by atoms with van der Waals surface area (Å²) in [7, 11) is 0. The maximum Gasteiger partial charge on any atom is 0.219 e. The van der Waals surface area contributed by atoms with Gasteiger partial charge in [0.15, 0.2) is 0 Å². The van der Waals surface area contributed by atoms with E-state index in [1.54, 1.807) is 0 Å². The molecule has 0 radical (unpaired) electrons. The fourth-order valence-corrected chi connectivity index (χ4v) is 1.68. The Bertz CT molecular complexity index is 445. The first-order valence-corrected chi connectivity index (χ1v) is 6.02. The number of carbonyl (C=O) groups excluding carboxylic acids is 1. The number of nitrogens with zero attached hydrogens (tertiary/aromatic N) is 2. The van der Waals surface area contributed by atoms with Gasteiger partial charge in [0, 0.05) is 24.4 Å². The minimum atomic E-state index is -0.335. The Morgan fingerprint density at radius 2 is 2.24 bits per heavy atom. The monoisotopic (exact) mass is 254 g/mol. The molecular weight excluding hydrogens is 240 g/mol. The molecular formula is C11H15ClN4O. The van der Waals surface area contributed by atoms with E-state index in [1.807, 2.05) is 6.92 Å². The van der Waals surface area contributed by atoms with Crippen molar-refractivity contribution in [1.29, 1.82) is 0 Å². The molecule has 0 unspecified atom stereocenters. The van der Waals surface area contributed by atoms with Crippen LogP contribution < -0.4 is 11.1 Å². The molecule has 0 atom stereocenters. The van der Waals surface area contributed by atoms with E-state index in [1.165, 1.54) is 0 Å². The van der Waals surface area contributed by atoms with Crippen molar-refractivity contribution in [2.75, 3.05) is 11.9 Å². The fourth-order valence-electron chi connectivity index (χ4n) is 1.51. The first-order valence-electron chi connectivity index (χ1n) is 5.64. The van der Waals surface area contributed by atoms with Gasteiger partial charge in [0.2, 0.25) is 5.91 Å². The Labute approximate surface area is 105 Å². The third kappa shape index (κ3) is 3.06. The summed E-state index contributed by atoms with van der Waals surface area (Å²) in [4.78, 5) is 19.3. The highest BCUT2D eigenvalue weighted by atomic mass is 35.5. The van der Waals surface area contributed by atoms with Crippen molar-refractivity contribution in [2.45, 2.75) is 32.1 Å². The molecule has 92 valence electrons. The van der Waals surface area contributed by atoms with Crippen LogP contribution in [-0.2, 0) is 4.79 Å². The standard InChI is InChI=1S/C11H15ClN4O/c1-6-9(12)15-11(7-2-3-7)16-10(6)14-5-4-8(13)17/h7H,2-5H2,1H3,(H2,13,17)(H,14,15,16). The summed E-state index contributed by atoms with van der Waals surface area (Å²) in [6.07, 6.45) is 2.53. The van der Waals surface area contributed by atoms with E-state index in [-0.39, 0.29) is 12.3 Å². The molecule has 5 nitrogen and oxygen atoms in total. The SMILES string of the molecule is Cc1c(Cl)nc(C2CC2)nc1NCCC(N)=O. The van der Waals surface area contributed by atoms with Crippen molar-refractivity contribution in [3.63, 3.8) is 0 Å². The molecule has 0 aliphatic heterocycles. The van der Waals surface area contributed by atoms with Gasteiger partial charge in [-0.15, -0.1) is 0 Å². The van der Waals surface area contributed by atoms with Gasteiger partial charge < -0.3 is 11.1 Å². The van der Waals surface area contributed by atoms with Crippen LogP contribution in [0.3, 0.4) is 0 Å². The molecule has 1 amide bonds. The summed E-state index contributed by atoms with van der Waals surface area (Å²) in [6, 6.07) is 0. The van der Waals surface area contributed by atoms with Crippen LogP contribution in [0.5, 0.6) is 0 Å². The zero-order valence-electron chi connectivity index (χ0n) is 9.66. The first kappa shape index (κ1) is 12.1. The van der Waals surface area contributed by atoms with E-state index in [0.717, 1.165) is 24.2 Å². The Morgan fingerprint density at radius 3 is 2.82 bits per heavy atom. The van der Waals surface area contributed by atoms with Crippen molar-refractivity contribution in [1.82, 2.24) is 9.97 Å². The number of rotatable bonds is 5. The molecule has 1 saturated carbocycles. The van der Waals surface area contributed by atoms with Crippen molar-refractivity contribution < 1.29 is 4.79 Å². The number of hydrogen-bond acceptors (Lipinski definition) is 4. The average molecular weight is 255 g/mol. The molecule has 1 fully saturated rings. The van der Waals surface area contributed by atoms with Gasteiger partial charge in [-0.3, -0.25) is 4.79 Å². The third-order valence-corrected chi connectivity index (χ3v) is 3.08. The van der Waals surface area contributed by atoms with Gasteiger partial charge in [0.05, 0.1) is 0 Å². The predicted molar refractivity (Wildman–Crippen MR) is 66.1 cm³/mol. The summed E-state index contributed by atoms with van der Waals surface area (Å²) < 4.78 is 0.